The molecular weight excluding hydrogens is 224 g/mol. The summed E-state index contributed by atoms with van der Waals surface area (Å²) in [6.07, 6.45) is 4.56. The van der Waals surface area contributed by atoms with Crippen LogP contribution in [0.5, 0.6) is 0 Å². The highest BCUT2D eigenvalue weighted by Gasteiger charge is 2.28. The van der Waals surface area contributed by atoms with Crippen molar-refractivity contribution in [3.8, 4) is 6.07 Å². The van der Waals surface area contributed by atoms with Crippen molar-refractivity contribution < 1.29 is 0 Å². The van der Waals surface area contributed by atoms with Gasteiger partial charge in [0.1, 0.15) is 6.04 Å². The summed E-state index contributed by atoms with van der Waals surface area (Å²) in [7, 11) is 1.91. The van der Waals surface area contributed by atoms with Crippen LogP contribution in [0.15, 0.2) is 6.20 Å². The molecule has 1 aromatic heterocycles. The number of nitrogens with one attached hydrogen (secondary N) is 1. The Hall–Kier alpha value is -1.34. The van der Waals surface area contributed by atoms with Gasteiger partial charge >= 0.3 is 0 Å². The third-order valence-corrected chi connectivity index (χ3v) is 3.32. The second kappa shape index (κ2) is 4.74. The molecule has 0 spiro atoms. The number of aromatic nitrogens is 2. The maximum atomic E-state index is 9.36. The molecule has 1 aromatic rings. The molecular formula is C14H22N4. The van der Waals surface area contributed by atoms with Gasteiger partial charge in [0, 0.05) is 24.2 Å². The molecule has 4 heteroatoms. The fraction of sp³-hybridized carbons (Fsp3) is 0.714. The molecule has 1 heterocycles. The Morgan fingerprint density at radius 3 is 2.72 bits per heavy atom. The maximum absolute atomic E-state index is 9.36. The van der Waals surface area contributed by atoms with E-state index in [1.165, 1.54) is 12.8 Å². The van der Waals surface area contributed by atoms with Crippen molar-refractivity contribution in [3.05, 3.63) is 17.5 Å². The minimum atomic E-state index is -0.242. The van der Waals surface area contributed by atoms with Crippen LogP contribution in [-0.4, -0.2) is 16.3 Å². The zero-order valence-electron chi connectivity index (χ0n) is 11.7. The van der Waals surface area contributed by atoms with Crippen molar-refractivity contribution in [2.75, 3.05) is 6.54 Å². The lowest BCUT2D eigenvalue weighted by Crippen LogP contribution is -2.25. The summed E-state index contributed by atoms with van der Waals surface area (Å²) in [5, 5.41) is 17.2. The fourth-order valence-electron chi connectivity index (χ4n) is 2.13. The van der Waals surface area contributed by atoms with Gasteiger partial charge in [-0.1, -0.05) is 20.8 Å². The molecule has 0 bridgehead atoms. The first kappa shape index (κ1) is 13.1. The first-order valence-electron chi connectivity index (χ1n) is 6.59. The highest BCUT2D eigenvalue weighted by molar-refractivity contribution is 5.31. The third-order valence-electron chi connectivity index (χ3n) is 3.32. The van der Waals surface area contributed by atoms with Crippen LogP contribution in [-0.2, 0) is 12.5 Å². The first-order valence-corrected chi connectivity index (χ1v) is 6.59. The van der Waals surface area contributed by atoms with E-state index in [-0.39, 0.29) is 11.5 Å². The van der Waals surface area contributed by atoms with Crippen LogP contribution in [0.1, 0.15) is 50.9 Å². The van der Waals surface area contributed by atoms with Crippen molar-refractivity contribution in [1.29, 1.82) is 5.26 Å². The van der Waals surface area contributed by atoms with Crippen molar-refractivity contribution in [2.24, 2.45) is 13.0 Å². The molecule has 0 saturated heterocycles. The number of rotatable bonds is 4. The van der Waals surface area contributed by atoms with Gasteiger partial charge in [-0.05, 0) is 25.3 Å². The topological polar surface area (TPSA) is 53.6 Å². The average Bonchev–Trinajstić information content (AvgIpc) is 3.00. The Balaban J connectivity index is 2.21. The Morgan fingerprint density at radius 1 is 1.56 bits per heavy atom. The van der Waals surface area contributed by atoms with Gasteiger partial charge in [0.2, 0.25) is 0 Å². The lowest BCUT2D eigenvalue weighted by atomic mass is 9.88. The van der Waals surface area contributed by atoms with Gasteiger partial charge in [-0.3, -0.25) is 10.00 Å². The Kier molecular flexibility index (Phi) is 3.45. The molecule has 0 aliphatic heterocycles. The molecule has 0 aromatic carbocycles. The molecule has 1 aliphatic rings. The monoisotopic (exact) mass is 246 g/mol. The van der Waals surface area contributed by atoms with Crippen LogP contribution in [0.25, 0.3) is 0 Å². The average molecular weight is 246 g/mol. The van der Waals surface area contributed by atoms with Gasteiger partial charge in [-0.2, -0.15) is 10.4 Å². The van der Waals surface area contributed by atoms with Crippen LogP contribution in [0.2, 0.25) is 0 Å². The summed E-state index contributed by atoms with van der Waals surface area (Å²) >= 11 is 0. The normalized spacial score (nSPS) is 17.5. The molecule has 1 unspecified atom stereocenters. The van der Waals surface area contributed by atoms with Crippen molar-refractivity contribution in [2.45, 2.75) is 45.1 Å². The van der Waals surface area contributed by atoms with Gasteiger partial charge in [-0.25, -0.2) is 0 Å². The van der Waals surface area contributed by atoms with Crippen LogP contribution in [0, 0.1) is 17.2 Å². The predicted octanol–water partition coefficient (Wildman–Crippen LogP) is 2.28. The number of hydrogen-bond donors (Lipinski definition) is 1. The van der Waals surface area contributed by atoms with Gasteiger partial charge in [-0.15, -0.1) is 0 Å². The van der Waals surface area contributed by atoms with Crippen molar-refractivity contribution in [3.63, 3.8) is 0 Å². The van der Waals surface area contributed by atoms with Gasteiger partial charge < -0.3 is 0 Å². The van der Waals surface area contributed by atoms with Gasteiger partial charge in [0.25, 0.3) is 0 Å². The van der Waals surface area contributed by atoms with E-state index in [9.17, 15) is 5.26 Å². The molecule has 1 fully saturated rings. The van der Waals surface area contributed by atoms with Crippen molar-refractivity contribution in [1.82, 2.24) is 15.1 Å². The predicted molar refractivity (Wildman–Crippen MR) is 71.0 cm³/mol. The van der Waals surface area contributed by atoms with Crippen LogP contribution >= 0.6 is 0 Å². The van der Waals surface area contributed by atoms with E-state index in [1.807, 2.05) is 13.2 Å². The molecule has 4 nitrogen and oxygen atoms in total. The number of aryl methyl sites for hydroxylation is 1. The lowest BCUT2D eigenvalue weighted by molar-refractivity contribution is 0.532. The van der Waals surface area contributed by atoms with E-state index in [2.05, 4.69) is 37.3 Å². The molecule has 1 saturated carbocycles. The molecule has 0 radical (unpaired) electrons. The minimum Gasteiger partial charge on any atom is -0.298 e. The second-order valence-corrected chi connectivity index (χ2v) is 6.27. The highest BCUT2D eigenvalue weighted by atomic mass is 15.3. The molecule has 0 amide bonds. The van der Waals surface area contributed by atoms with E-state index in [1.54, 1.807) is 4.68 Å². The van der Waals surface area contributed by atoms with E-state index in [0.717, 1.165) is 23.7 Å². The largest absolute Gasteiger partial charge is 0.298 e. The van der Waals surface area contributed by atoms with E-state index >= 15 is 0 Å². The second-order valence-electron chi connectivity index (χ2n) is 6.27. The van der Waals surface area contributed by atoms with E-state index in [4.69, 9.17) is 0 Å². The Labute approximate surface area is 109 Å². The molecule has 1 atom stereocenters. The molecule has 1 aliphatic carbocycles. The SMILES string of the molecule is Cn1cc(C(C#N)NCC2CC2)c(C(C)(C)C)n1. The summed E-state index contributed by atoms with van der Waals surface area (Å²) < 4.78 is 1.80. The van der Waals surface area contributed by atoms with E-state index < -0.39 is 0 Å². The Morgan fingerprint density at radius 2 is 2.22 bits per heavy atom. The maximum Gasteiger partial charge on any atom is 0.124 e. The Bertz CT molecular complexity index is 457. The molecule has 18 heavy (non-hydrogen) atoms. The number of nitriles is 1. The van der Waals surface area contributed by atoms with E-state index in [0.29, 0.717) is 0 Å². The molecule has 1 N–H and O–H groups in total. The number of hydrogen-bond acceptors (Lipinski definition) is 3. The minimum absolute atomic E-state index is 0.0348. The van der Waals surface area contributed by atoms with Crippen LogP contribution in [0.4, 0.5) is 0 Å². The lowest BCUT2D eigenvalue weighted by Gasteiger charge is -2.20. The summed E-state index contributed by atoms with van der Waals surface area (Å²) in [5.74, 6) is 0.774. The molecule has 2 rings (SSSR count). The number of nitrogens with zero attached hydrogens (tertiary/aromatic N) is 3. The summed E-state index contributed by atoms with van der Waals surface area (Å²) in [5.41, 5.74) is 2.00. The van der Waals surface area contributed by atoms with Gasteiger partial charge in [0.15, 0.2) is 0 Å². The summed E-state index contributed by atoms with van der Waals surface area (Å²) in [6, 6.07) is 2.12. The first-order chi connectivity index (χ1) is 8.41. The standard InChI is InChI=1S/C14H22N4/c1-14(2,3)13-11(9-18(4)17-13)12(7-15)16-8-10-5-6-10/h9-10,12,16H,5-6,8H2,1-4H3. The fourth-order valence-corrected chi connectivity index (χ4v) is 2.13. The van der Waals surface area contributed by atoms with Crippen molar-refractivity contribution >= 4 is 0 Å². The zero-order chi connectivity index (χ0) is 13.3. The quantitative estimate of drug-likeness (QED) is 0.886. The smallest absolute Gasteiger partial charge is 0.124 e. The zero-order valence-corrected chi connectivity index (χ0v) is 11.7. The van der Waals surface area contributed by atoms with Crippen LogP contribution < -0.4 is 5.32 Å². The highest BCUT2D eigenvalue weighted by Crippen LogP contribution is 2.31. The summed E-state index contributed by atoms with van der Waals surface area (Å²) in [4.78, 5) is 0. The molecule has 98 valence electrons. The van der Waals surface area contributed by atoms with Crippen LogP contribution in [0.3, 0.4) is 0 Å². The summed E-state index contributed by atoms with van der Waals surface area (Å²) in [6.45, 7) is 7.34. The third kappa shape index (κ3) is 2.91. The van der Waals surface area contributed by atoms with Gasteiger partial charge in [0.05, 0.1) is 11.8 Å².